The molecule has 6 heteroatoms. The molecule has 0 radical (unpaired) electrons. The molecule has 25 aromatic carbocycles. The SMILES string of the molecule is CCC(C)c1ccc(N(c2ccc(N(c3ccc4ccccc4c3)c3ccc4ccccc4c3)cc2)c2cccc3ccccc23)cc1.CCC(C)c1ccc(N(c2ccc(N(c3ccccc3)c3c4ccccc4c(-c4ccccc4)c4ccccc34)cc2)c2ccc3ccccc3c2)cc1.CCC(C)c1ccc(N(c2ccc(N(c3ccccc3)c3c4ccccc4cc4ccccc34)cc2)c2ccc3ccccc3c2)cc1. The molecule has 3 unspecified atom stereocenters. The summed E-state index contributed by atoms with van der Waals surface area (Å²) in [5.74, 6) is 1.58. The first-order valence-corrected chi connectivity index (χ1v) is 52.8. The number of benzene rings is 25. The van der Waals surface area contributed by atoms with E-state index in [1.54, 1.807) is 0 Å². The van der Waals surface area contributed by atoms with Crippen molar-refractivity contribution < 1.29 is 0 Å². The molecule has 0 amide bonds. The maximum absolute atomic E-state index is 2.44. The van der Waals surface area contributed by atoms with Gasteiger partial charge in [-0.25, -0.2) is 0 Å². The third kappa shape index (κ3) is 19.4. The first kappa shape index (κ1) is 95.2. The molecule has 0 bridgehead atoms. The third-order valence-corrected chi connectivity index (χ3v) is 30.3. The van der Waals surface area contributed by atoms with E-state index < -0.39 is 0 Å². The van der Waals surface area contributed by atoms with E-state index in [-0.39, 0.29) is 0 Å². The maximum atomic E-state index is 2.44. The van der Waals surface area contributed by atoms with Crippen LogP contribution >= 0.6 is 0 Å². The lowest BCUT2D eigenvalue weighted by Crippen LogP contribution is -2.13. The Hall–Kier alpha value is -18.4. The molecule has 6 nitrogen and oxygen atoms in total. The van der Waals surface area contributed by atoms with Gasteiger partial charge < -0.3 is 29.4 Å². The summed E-state index contributed by atoms with van der Waals surface area (Å²) in [4.78, 5) is 14.4. The lowest BCUT2D eigenvalue weighted by molar-refractivity contribution is 0.733. The largest absolute Gasteiger partial charge is 0.310 e. The number of para-hydroxylation sites is 2. The van der Waals surface area contributed by atoms with E-state index in [0.29, 0.717) is 17.8 Å². The Morgan fingerprint density at radius 3 is 0.693 bits per heavy atom. The number of anilines is 18. The Morgan fingerprint density at radius 2 is 0.367 bits per heavy atom. The number of nitrogens with zero attached hydrogens (tertiary/aromatic N) is 6. The van der Waals surface area contributed by atoms with Crippen molar-refractivity contribution in [3.63, 3.8) is 0 Å². The highest BCUT2D eigenvalue weighted by atomic mass is 15.2. The summed E-state index contributed by atoms with van der Waals surface area (Å²) >= 11 is 0. The van der Waals surface area contributed by atoms with Crippen LogP contribution in [0, 0.1) is 0 Å². The van der Waals surface area contributed by atoms with Gasteiger partial charge in [-0.1, -0.05) is 399 Å². The summed E-state index contributed by atoms with van der Waals surface area (Å²) in [6.45, 7) is 13.7. The quantitative estimate of drug-likeness (QED) is 0.0528. The van der Waals surface area contributed by atoms with Gasteiger partial charge in [-0.15, -0.1) is 0 Å². The van der Waals surface area contributed by atoms with Gasteiger partial charge in [-0.05, 0) is 329 Å². The Morgan fingerprint density at radius 1 is 0.147 bits per heavy atom. The second kappa shape index (κ2) is 43.1. The van der Waals surface area contributed by atoms with Crippen LogP contribution in [0.15, 0.2) is 552 Å². The van der Waals surface area contributed by atoms with Crippen molar-refractivity contribution in [2.75, 3.05) is 29.4 Å². The lowest BCUT2D eigenvalue weighted by Gasteiger charge is -2.31. The van der Waals surface area contributed by atoms with E-state index in [1.807, 2.05) is 0 Å². The van der Waals surface area contributed by atoms with Crippen LogP contribution in [-0.2, 0) is 0 Å². The van der Waals surface area contributed by atoms with Gasteiger partial charge >= 0.3 is 0 Å². The molecule has 0 aliphatic rings. The fraction of sp³-hybridized carbons (Fsp3) is 0.0833. The third-order valence-electron chi connectivity index (χ3n) is 30.3. The number of fused-ring (bicyclic) bond motifs is 9. The fourth-order valence-electron chi connectivity index (χ4n) is 21.7. The lowest BCUT2D eigenvalue weighted by atomic mass is 9.90. The highest BCUT2D eigenvalue weighted by molar-refractivity contribution is 6.23. The van der Waals surface area contributed by atoms with Crippen molar-refractivity contribution in [3.8, 4) is 11.1 Å². The molecule has 150 heavy (non-hydrogen) atoms. The van der Waals surface area contributed by atoms with Gasteiger partial charge in [0.1, 0.15) is 0 Å². The van der Waals surface area contributed by atoms with Crippen LogP contribution in [0.2, 0.25) is 0 Å². The minimum absolute atomic E-state index is 0.519. The molecule has 0 N–H and O–H groups in total. The van der Waals surface area contributed by atoms with Crippen LogP contribution in [0.25, 0.3) is 108 Å². The van der Waals surface area contributed by atoms with Gasteiger partial charge in [0.15, 0.2) is 0 Å². The zero-order valence-corrected chi connectivity index (χ0v) is 85.6. The summed E-state index contributed by atoms with van der Waals surface area (Å²) in [5, 5.41) is 22.1. The summed E-state index contributed by atoms with van der Waals surface area (Å²) < 4.78 is 0. The molecule has 0 spiro atoms. The molecule has 25 aromatic rings. The molecule has 0 saturated heterocycles. The fourth-order valence-corrected chi connectivity index (χ4v) is 21.7. The van der Waals surface area contributed by atoms with Gasteiger partial charge in [-0.2, -0.15) is 0 Å². The first-order valence-electron chi connectivity index (χ1n) is 52.8. The van der Waals surface area contributed by atoms with Crippen LogP contribution in [0.5, 0.6) is 0 Å². The van der Waals surface area contributed by atoms with Crippen molar-refractivity contribution in [1.82, 2.24) is 0 Å². The predicted molar refractivity (Wildman–Crippen MR) is 647 cm³/mol. The Labute approximate surface area is 880 Å². The smallest absolute Gasteiger partial charge is 0.0618 e. The van der Waals surface area contributed by atoms with Gasteiger partial charge in [0.2, 0.25) is 0 Å². The minimum Gasteiger partial charge on any atom is -0.310 e. The Kier molecular flexibility index (Phi) is 27.4. The van der Waals surface area contributed by atoms with Crippen LogP contribution in [0.4, 0.5) is 102 Å². The molecular weight excluding hydrogens is 1810 g/mol. The average molecular weight is 1930 g/mol. The van der Waals surface area contributed by atoms with Gasteiger partial charge in [-0.3, -0.25) is 0 Å². The standard InChI is InChI=1S/C52H42N2.2C46H38N2/c1-3-37(2)38-26-29-43(30-27-38)53(46-31-28-39-16-10-11-19-41(39)36-46)44-32-34-45(35-33-44)54(42-20-8-5-9-21-42)52-49-24-14-12-22-47(49)51(40-17-6-4-7-18-40)48-23-13-15-25-50(48)52;1-3-33(2)34-19-23-41(24-20-34)48(46-18-10-16-37-13-8-9-17-45(37)46)42-29-27-40(28-30-42)47(43-25-21-35-11-4-6-14-38(35)31-43)44-26-22-36-12-5-7-15-39(36)32-44;1-3-33(2)34-21-24-40(25-22-34)47(43-26-23-35-13-7-8-14-36(35)32-43)41-27-29-42(30-28-41)48(39-17-5-4-6-18-39)46-44-19-11-9-15-37(44)31-38-16-10-12-20-45(38)46/h4-37H,3H2,1-2H3;2*4-33H,3H2,1-2H3. The van der Waals surface area contributed by atoms with Gasteiger partial charge in [0.05, 0.1) is 17.1 Å². The van der Waals surface area contributed by atoms with Crippen molar-refractivity contribution in [1.29, 1.82) is 0 Å². The van der Waals surface area contributed by atoms with Gasteiger partial charge in [0, 0.05) is 112 Å². The topological polar surface area (TPSA) is 19.4 Å². The Balaban J connectivity index is 0.000000124. The summed E-state index contributed by atoms with van der Waals surface area (Å²) in [7, 11) is 0. The summed E-state index contributed by atoms with van der Waals surface area (Å²) in [6, 6.07) is 201. The minimum atomic E-state index is 0.519. The maximum Gasteiger partial charge on any atom is 0.0618 e. The summed E-state index contributed by atoms with van der Waals surface area (Å²) in [5.41, 5.74) is 26.9. The zero-order valence-electron chi connectivity index (χ0n) is 85.6. The first-order chi connectivity index (χ1) is 74.0. The van der Waals surface area contributed by atoms with E-state index in [1.165, 1.54) is 136 Å². The number of hydrogen-bond donors (Lipinski definition) is 0. The average Bonchev–Trinajstić information content (AvgIpc) is 0.722. The molecule has 0 aliphatic carbocycles. The van der Waals surface area contributed by atoms with E-state index >= 15 is 0 Å². The molecule has 3 atom stereocenters. The molecular formula is C144H118N6. The van der Waals surface area contributed by atoms with Gasteiger partial charge in [0.25, 0.3) is 0 Å². The van der Waals surface area contributed by atoms with Crippen molar-refractivity contribution in [3.05, 3.63) is 569 Å². The normalized spacial score (nSPS) is 11.9. The number of rotatable bonds is 25. The molecule has 724 valence electrons. The molecule has 25 rings (SSSR count). The van der Waals surface area contributed by atoms with E-state index in [9.17, 15) is 0 Å². The molecule has 0 aliphatic heterocycles. The van der Waals surface area contributed by atoms with Crippen LogP contribution in [-0.4, -0.2) is 0 Å². The molecule has 0 heterocycles. The second-order valence-electron chi connectivity index (χ2n) is 39.4. The van der Waals surface area contributed by atoms with Crippen molar-refractivity contribution in [2.45, 2.75) is 78.6 Å². The summed E-state index contributed by atoms with van der Waals surface area (Å²) in [6.07, 6.45) is 3.37. The highest BCUT2D eigenvalue weighted by Gasteiger charge is 2.28. The molecule has 0 aromatic heterocycles. The van der Waals surface area contributed by atoms with E-state index in [0.717, 1.165) is 110 Å². The van der Waals surface area contributed by atoms with Crippen LogP contribution in [0.3, 0.4) is 0 Å². The zero-order chi connectivity index (χ0) is 101. The van der Waals surface area contributed by atoms with E-state index in [2.05, 4.69) is 623 Å². The van der Waals surface area contributed by atoms with Crippen LogP contribution in [0.1, 0.15) is 95.2 Å². The monoisotopic (exact) mass is 1930 g/mol. The second-order valence-corrected chi connectivity index (χ2v) is 39.4. The molecule has 0 fully saturated rings. The van der Waals surface area contributed by atoms with Crippen molar-refractivity contribution >= 4 is 199 Å². The predicted octanol–water partition coefficient (Wildman–Crippen LogP) is 42.5. The van der Waals surface area contributed by atoms with Crippen molar-refractivity contribution in [2.24, 2.45) is 0 Å². The Bertz CT molecular complexity index is 8880. The highest BCUT2D eigenvalue weighted by Crippen LogP contribution is 2.53. The molecule has 0 saturated carbocycles. The van der Waals surface area contributed by atoms with Crippen LogP contribution < -0.4 is 29.4 Å². The number of hydrogen-bond acceptors (Lipinski definition) is 6. The van der Waals surface area contributed by atoms with E-state index in [4.69, 9.17) is 0 Å².